The first-order valence-corrected chi connectivity index (χ1v) is 4.87. The molecule has 0 aromatic carbocycles. The molecular formula is C10H16O2. The van der Waals surface area contributed by atoms with Gasteiger partial charge < -0.3 is 4.74 Å². The zero-order valence-corrected chi connectivity index (χ0v) is 7.75. The highest BCUT2D eigenvalue weighted by Crippen LogP contribution is 2.52. The lowest BCUT2D eigenvalue weighted by Gasteiger charge is -2.14. The Kier molecular flexibility index (Phi) is 1.85. The minimum absolute atomic E-state index is 0.0266. The monoisotopic (exact) mass is 168 g/mol. The molecule has 0 aromatic heterocycles. The summed E-state index contributed by atoms with van der Waals surface area (Å²) in [4.78, 5) is 11.2. The quantitative estimate of drug-likeness (QED) is 0.589. The maximum absolute atomic E-state index is 11.2. The van der Waals surface area contributed by atoms with Gasteiger partial charge in [0.1, 0.15) is 6.10 Å². The Hall–Kier alpha value is -0.530. The van der Waals surface area contributed by atoms with E-state index < -0.39 is 0 Å². The minimum Gasteiger partial charge on any atom is -0.462 e. The summed E-state index contributed by atoms with van der Waals surface area (Å²) in [6.45, 7) is 3.77. The van der Waals surface area contributed by atoms with Gasteiger partial charge in [-0.1, -0.05) is 13.8 Å². The second kappa shape index (κ2) is 2.75. The Labute approximate surface area is 73.3 Å². The molecule has 12 heavy (non-hydrogen) atoms. The number of carbonyl (C=O) groups excluding carboxylic acids is 1. The summed E-state index contributed by atoms with van der Waals surface area (Å²) < 4.78 is 5.33. The van der Waals surface area contributed by atoms with E-state index >= 15 is 0 Å². The molecule has 0 amide bonds. The summed E-state index contributed by atoms with van der Waals surface area (Å²) in [5.74, 6) is 1.80. The van der Waals surface area contributed by atoms with Crippen molar-refractivity contribution in [2.75, 3.05) is 0 Å². The van der Waals surface area contributed by atoms with Gasteiger partial charge in [-0.3, -0.25) is 4.79 Å². The van der Waals surface area contributed by atoms with E-state index in [0.29, 0.717) is 0 Å². The first-order chi connectivity index (χ1) is 5.66. The fraction of sp³-hybridized carbons (Fsp3) is 0.900. The summed E-state index contributed by atoms with van der Waals surface area (Å²) in [5, 5.41) is 0. The van der Waals surface area contributed by atoms with Gasteiger partial charge in [-0.05, 0) is 31.1 Å². The van der Waals surface area contributed by atoms with Crippen LogP contribution in [0.25, 0.3) is 0 Å². The van der Waals surface area contributed by atoms with Gasteiger partial charge in [0.05, 0.1) is 5.92 Å². The maximum atomic E-state index is 11.2. The molecular weight excluding hydrogens is 152 g/mol. The molecule has 0 bridgehead atoms. The van der Waals surface area contributed by atoms with Crippen LogP contribution in [0, 0.1) is 17.8 Å². The predicted molar refractivity (Wildman–Crippen MR) is 45.5 cm³/mol. The summed E-state index contributed by atoms with van der Waals surface area (Å²) in [6, 6.07) is 0. The molecule has 2 aliphatic rings. The van der Waals surface area contributed by atoms with E-state index in [1.807, 2.05) is 13.8 Å². The van der Waals surface area contributed by atoms with E-state index in [9.17, 15) is 4.79 Å². The molecule has 2 saturated carbocycles. The van der Waals surface area contributed by atoms with Crippen LogP contribution in [0.4, 0.5) is 0 Å². The molecule has 0 aromatic rings. The molecule has 0 radical (unpaired) electrons. The van der Waals surface area contributed by atoms with Crippen molar-refractivity contribution in [2.45, 2.75) is 39.2 Å². The van der Waals surface area contributed by atoms with Gasteiger partial charge in [0, 0.05) is 0 Å². The summed E-state index contributed by atoms with van der Waals surface area (Å²) in [5.41, 5.74) is 0. The van der Waals surface area contributed by atoms with Crippen LogP contribution in [-0.4, -0.2) is 12.1 Å². The Balaban J connectivity index is 1.77. The average Bonchev–Trinajstić information content (AvgIpc) is 2.59. The Morgan fingerprint density at radius 1 is 1.25 bits per heavy atom. The minimum atomic E-state index is -0.0266. The molecule has 2 heteroatoms. The van der Waals surface area contributed by atoms with E-state index in [1.165, 1.54) is 6.42 Å². The smallest absolute Gasteiger partial charge is 0.308 e. The molecule has 3 atom stereocenters. The highest BCUT2D eigenvalue weighted by molar-refractivity contribution is 5.71. The molecule has 2 fully saturated rings. The van der Waals surface area contributed by atoms with Crippen LogP contribution in [0.15, 0.2) is 0 Å². The summed E-state index contributed by atoms with van der Waals surface area (Å²) in [7, 11) is 0. The Morgan fingerprint density at radius 2 is 1.83 bits per heavy atom. The van der Waals surface area contributed by atoms with E-state index in [4.69, 9.17) is 4.74 Å². The number of ether oxygens (including phenoxy) is 1. The number of hydrogen-bond donors (Lipinski definition) is 0. The van der Waals surface area contributed by atoms with Gasteiger partial charge in [0.15, 0.2) is 0 Å². The summed E-state index contributed by atoms with van der Waals surface area (Å²) >= 11 is 0. The van der Waals surface area contributed by atoms with E-state index in [-0.39, 0.29) is 18.0 Å². The largest absolute Gasteiger partial charge is 0.462 e. The number of rotatable bonds is 2. The number of hydrogen-bond acceptors (Lipinski definition) is 2. The normalized spacial score (nSPS) is 38.1. The average molecular weight is 168 g/mol. The highest BCUT2D eigenvalue weighted by Gasteiger charge is 2.47. The lowest BCUT2D eigenvalue weighted by molar-refractivity contribution is -0.152. The van der Waals surface area contributed by atoms with E-state index in [0.717, 1.165) is 24.7 Å². The second-order valence-corrected chi connectivity index (χ2v) is 4.44. The van der Waals surface area contributed by atoms with Gasteiger partial charge in [-0.25, -0.2) is 0 Å². The standard InChI is InChI=1S/C10H16O2/c1-6(2)10(11)12-9-4-7-3-8(7)5-9/h6-9H,3-5H2,1-2H3/t7-,8+,9?. The number of fused-ring (bicyclic) bond motifs is 1. The van der Waals surface area contributed by atoms with Gasteiger partial charge >= 0.3 is 5.97 Å². The molecule has 2 nitrogen and oxygen atoms in total. The van der Waals surface area contributed by atoms with Crippen LogP contribution in [0.5, 0.6) is 0 Å². The van der Waals surface area contributed by atoms with Gasteiger partial charge in [0.25, 0.3) is 0 Å². The van der Waals surface area contributed by atoms with Crippen molar-refractivity contribution >= 4 is 5.97 Å². The fourth-order valence-corrected chi connectivity index (χ4v) is 2.06. The third-order valence-corrected chi connectivity index (χ3v) is 2.95. The van der Waals surface area contributed by atoms with Gasteiger partial charge in [0.2, 0.25) is 0 Å². The van der Waals surface area contributed by atoms with Crippen molar-refractivity contribution in [3.63, 3.8) is 0 Å². The summed E-state index contributed by atoms with van der Waals surface area (Å²) in [6.07, 6.45) is 3.89. The van der Waals surface area contributed by atoms with E-state index in [1.54, 1.807) is 0 Å². The zero-order valence-electron chi connectivity index (χ0n) is 7.75. The molecule has 0 spiro atoms. The molecule has 0 saturated heterocycles. The highest BCUT2D eigenvalue weighted by atomic mass is 16.5. The Bertz CT molecular complexity index is 188. The predicted octanol–water partition coefficient (Wildman–Crippen LogP) is 1.98. The van der Waals surface area contributed by atoms with Crippen molar-refractivity contribution in [2.24, 2.45) is 17.8 Å². The van der Waals surface area contributed by atoms with Gasteiger partial charge in [-0.2, -0.15) is 0 Å². The van der Waals surface area contributed by atoms with Crippen LogP contribution >= 0.6 is 0 Å². The van der Waals surface area contributed by atoms with Crippen molar-refractivity contribution in [1.82, 2.24) is 0 Å². The SMILES string of the molecule is CC(C)C(=O)OC1C[C@@H]2C[C@@H]2C1. The van der Waals surface area contributed by atoms with Crippen LogP contribution in [0.1, 0.15) is 33.1 Å². The van der Waals surface area contributed by atoms with Gasteiger partial charge in [-0.15, -0.1) is 0 Å². The van der Waals surface area contributed by atoms with E-state index in [2.05, 4.69) is 0 Å². The van der Waals surface area contributed by atoms with Crippen LogP contribution in [0.3, 0.4) is 0 Å². The maximum Gasteiger partial charge on any atom is 0.308 e. The zero-order chi connectivity index (χ0) is 8.72. The van der Waals surface area contributed by atoms with Crippen LogP contribution in [-0.2, 0) is 9.53 Å². The molecule has 0 N–H and O–H groups in total. The van der Waals surface area contributed by atoms with Crippen molar-refractivity contribution in [1.29, 1.82) is 0 Å². The molecule has 0 aliphatic heterocycles. The molecule has 2 rings (SSSR count). The number of esters is 1. The molecule has 0 heterocycles. The molecule has 1 unspecified atom stereocenters. The first-order valence-electron chi connectivity index (χ1n) is 4.87. The van der Waals surface area contributed by atoms with Crippen molar-refractivity contribution < 1.29 is 9.53 Å². The third kappa shape index (κ3) is 1.47. The second-order valence-electron chi connectivity index (χ2n) is 4.44. The van der Waals surface area contributed by atoms with Crippen molar-refractivity contribution in [3.8, 4) is 0 Å². The molecule has 68 valence electrons. The third-order valence-electron chi connectivity index (χ3n) is 2.95. The lowest BCUT2D eigenvalue weighted by Crippen LogP contribution is -2.20. The van der Waals surface area contributed by atoms with Crippen LogP contribution < -0.4 is 0 Å². The van der Waals surface area contributed by atoms with Crippen molar-refractivity contribution in [3.05, 3.63) is 0 Å². The number of carbonyl (C=O) groups is 1. The topological polar surface area (TPSA) is 26.3 Å². The molecule has 2 aliphatic carbocycles. The first kappa shape index (κ1) is 8.09. The Morgan fingerprint density at radius 3 is 2.33 bits per heavy atom. The fourth-order valence-electron chi connectivity index (χ4n) is 2.06. The van der Waals surface area contributed by atoms with Crippen LogP contribution in [0.2, 0.25) is 0 Å². The lowest BCUT2D eigenvalue weighted by atomic mass is 10.2.